The number of rotatable bonds is 4. The van der Waals surface area contributed by atoms with Gasteiger partial charge < -0.3 is 10.3 Å². The van der Waals surface area contributed by atoms with E-state index in [2.05, 4.69) is 23.6 Å². The van der Waals surface area contributed by atoms with Crippen molar-refractivity contribution < 1.29 is 0 Å². The van der Waals surface area contributed by atoms with Crippen molar-refractivity contribution in [3.8, 4) is 0 Å². The van der Waals surface area contributed by atoms with Crippen molar-refractivity contribution in [1.29, 1.82) is 0 Å². The Hall–Kier alpha value is -2.20. The molecule has 2 aromatic carbocycles. The molecule has 4 heteroatoms. The first-order chi connectivity index (χ1) is 10.2. The van der Waals surface area contributed by atoms with Crippen LogP contribution in [0.3, 0.4) is 0 Å². The molecule has 0 unspecified atom stereocenters. The summed E-state index contributed by atoms with van der Waals surface area (Å²) in [6.07, 6.45) is 0.893. The van der Waals surface area contributed by atoms with Gasteiger partial charge in [-0.15, -0.1) is 0 Å². The highest BCUT2D eigenvalue weighted by molar-refractivity contribution is 7.80. The average molecular weight is 295 g/mol. The van der Waals surface area contributed by atoms with E-state index in [1.807, 2.05) is 36.4 Å². The van der Waals surface area contributed by atoms with Crippen LogP contribution >= 0.6 is 12.2 Å². The van der Waals surface area contributed by atoms with Crippen LogP contribution in [0, 0.1) is 0 Å². The Bertz CT molecular complexity index is 805. The highest BCUT2D eigenvalue weighted by Gasteiger charge is 2.11. The molecule has 3 nitrogen and oxygen atoms in total. The first-order valence-electron chi connectivity index (χ1n) is 7.02. The van der Waals surface area contributed by atoms with Crippen molar-refractivity contribution in [1.82, 2.24) is 9.55 Å². The lowest BCUT2D eigenvalue weighted by Crippen LogP contribution is -2.14. The molecule has 0 saturated carbocycles. The van der Waals surface area contributed by atoms with Gasteiger partial charge in [0.1, 0.15) is 10.8 Å². The Morgan fingerprint density at radius 1 is 1.14 bits per heavy atom. The monoisotopic (exact) mass is 295 g/mol. The van der Waals surface area contributed by atoms with Gasteiger partial charge in [-0.1, -0.05) is 55.5 Å². The summed E-state index contributed by atoms with van der Waals surface area (Å²) in [4.78, 5) is 5.14. The second-order valence-corrected chi connectivity index (χ2v) is 5.42. The van der Waals surface area contributed by atoms with Crippen molar-refractivity contribution in [2.24, 2.45) is 5.73 Å². The van der Waals surface area contributed by atoms with E-state index in [1.54, 1.807) is 0 Å². The van der Waals surface area contributed by atoms with E-state index in [4.69, 9.17) is 22.9 Å². The maximum atomic E-state index is 5.83. The molecule has 0 amide bonds. The number of nitrogens with two attached hydrogens (primary N) is 1. The number of para-hydroxylation sites is 2. The zero-order chi connectivity index (χ0) is 14.8. The standard InChI is InChI=1S/C17H17N3S/c1-2-16-19-14-9-5-6-10-15(14)20(16)11-12-7-3-4-8-13(12)17(18)21/h3-10H,2,11H2,1H3,(H2,18,21). The van der Waals surface area contributed by atoms with Gasteiger partial charge in [-0.05, 0) is 17.7 Å². The van der Waals surface area contributed by atoms with Gasteiger partial charge >= 0.3 is 0 Å². The van der Waals surface area contributed by atoms with E-state index in [9.17, 15) is 0 Å². The van der Waals surface area contributed by atoms with Crippen molar-refractivity contribution in [3.63, 3.8) is 0 Å². The predicted molar refractivity (Wildman–Crippen MR) is 90.5 cm³/mol. The summed E-state index contributed by atoms with van der Waals surface area (Å²) in [7, 11) is 0. The number of nitrogens with zero attached hydrogens (tertiary/aromatic N) is 2. The fourth-order valence-corrected chi connectivity index (χ4v) is 2.84. The molecule has 2 N–H and O–H groups in total. The van der Waals surface area contributed by atoms with E-state index >= 15 is 0 Å². The molecule has 0 aliphatic rings. The summed E-state index contributed by atoms with van der Waals surface area (Å²) in [5.74, 6) is 1.08. The van der Waals surface area contributed by atoms with Gasteiger partial charge in [-0.25, -0.2) is 4.98 Å². The molecule has 3 rings (SSSR count). The molecule has 0 bridgehead atoms. The third kappa shape index (κ3) is 2.54. The van der Waals surface area contributed by atoms with Gasteiger partial charge in [0.25, 0.3) is 0 Å². The third-order valence-electron chi connectivity index (χ3n) is 3.66. The van der Waals surface area contributed by atoms with Crippen LogP contribution in [0.2, 0.25) is 0 Å². The molecule has 0 spiro atoms. The maximum absolute atomic E-state index is 5.83. The number of aromatic nitrogens is 2. The fourth-order valence-electron chi connectivity index (χ4n) is 2.64. The normalized spacial score (nSPS) is 10.9. The number of benzene rings is 2. The minimum atomic E-state index is 0.438. The van der Waals surface area contributed by atoms with Crippen LogP contribution in [-0.2, 0) is 13.0 Å². The van der Waals surface area contributed by atoms with Crippen molar-refractivity contribution in [2.45, 2.75) is 19.9 Å². The predicted octanol–water partition coefficient (Wildman–Crippen LogP) is 3.28. The quantitative estimate of drug-likeness (QED) is 0.751. The van der Waals surface area contributed by atoms with E-state index < -0.39 is 0 Å². The summed E-state index contributed by atoms with van der Waals surface area (Å²) in [5, 5.41) is 0. The van der Waals surface area contributed by atoms with E-state index in [-0.39, 0.29) is 0 Å². The van der Waals surface area contributed by atoms with E-state index in [1.165, 1.54) is 0 Å². The second kappa shape index (κ2) is 5.66. The summed E-state index contributed by atoms with van der Waals surface area (Å²) in [5.41, 5.74) is 10.1. The molecule has 0 fully saturated rings. The van der Waals surface area contributed by atoms with Crippen molar-refractivity contribution in [2.75, 3.05) is 0 Å². The number of hydrogen-bond donors (Lipinski definition) is 1. The molecule has 0 aliphatic carbocycles. The molecule has 0 radical (unpaired) electrons. The van der Waals surface area contributed by atoms with Crippen molar-refractivity contribution >= 4 is 28.2 Å². The highest BCUT2D eigenvalue weighted by Crippen LogP contribution is 2.20. The molecule has 21 heavy (non-hydrogen) atoms. The Morgan fingerprint density at radius 3 is 2.62 bits per heavy atom. The Kier molecular flexibility index (Phi) is 3.71. The number of thiocarbonyl (C=S) groups is 1. The van der Waals surface area contributed by atoms with Crippen LogP contribution in [0.15, 0.2) is 48.5 Å². The molecule has 1 aromatic heterocycles. The summed E-state index contributed by atoms with van der Waals surface area (Å²) in [6, 6.07) is 16.2. The van der Waals surface area contributed by atoms with Crippen LogP contribution in [0.25, 0.3) is 11.0 Å². The van der Waals surface area contributed by atoms with Gasteiger partial charge in [-0.3, -0.25) is 0 Å². The largest absolute Gasteiger partial charge is 0.389 e. The molecule has 1 heterocycles. The average Bonchev–Trinajstić information content (AvgIpc) is 2.86. The first kappa shape index (κ1) is 13.8. The molecule has 0 saturated heterocycles. The second-order valence-electron chi connectivity index (χ2n) is 4.98. The van der Waals surface area contributed by atoms with Gasteiger partial charge in [0.2, 0.25) is 0 Å². The Labute approximate surface area is 129 Å². The molecule has 0 atom stereocenters. The maximum Gasteiger partial charge on any atom is 0.109 e. The SMILES string of the molecule is CCc1nc2ccccc2n1Cc1ccccc1C(N)=S. The number of aryl methyl sites for hydroxylation is 1. The molecular weight excluding hydrogens is 278 g/mol. The molecular formula is C17H17N3S. The van der Waals surface area contributed by atoms with Gasteiger partial charge in [0.15, 0.2) is 0 Å². The smallest absolute Gasteiger partial charge is 0.109 e. The molecule has 0 aliphatic heterocycles. The lowest BCUT2D eigenvalue weighted by molar-refractivity contribution is 0.752. The van der Waals surface area contributed by atoms with E-state index in [0.717, 1.165) is 41.0 Å². The zero-order valence-corrected chi connectivity index (χ0v) is 12.7. The topological polar surface area (TPSA) is 43.8 Å². The molecule has 3 aromatic rings. The van der Waals surface area contributed by atoms with Gasteiger partial charge in [0, 0.05) is 12.0 Å². The van der Waals surface area contributed by atoms with Crippen molar-refractivity contribution in [3.05, 3.63) is 65.5 Å². The van der Waals surface area contributed by atoms with Crippen LogP contribution in [-0.4, -0.2) is 14.5 Å². The van der Waals surface area contributed by atoms with Gasteiger partial charge in [0.05, 0.1) is 17.6 Å². The highest BCUT2D eigenvalue weighted by atomic mass is 32.1. The first-order valence-corrected chi connectivity index (χ1v) is 7.43. The third-order valence-corrected chi connectivity index (χ3v) is 3.88. The lowest BCUT2D eigenvalue weighted by Gasteiger charge is -2.12. The van der Waals surface area contributed by atoms with Crippen LogP contribution < -0.4 is 5.73 Å². The van der Waals surface area contributed by atoms with Crippen LogP contribution in [0.4, 0.5) is 0 Å². The number of fused-ring (bicyclic) bond motifs is 1. The fraction of sp³-hybridized carbons (Fsp3) is 0.176. The number of imidazole rings is 1. The van der Waals surface area contributed by atoms with Gasteiger partial charge in [-0.2, -0.15) is 0 Å². The van der Waals surface area contributed by atoms with Crippen LogP contribution in [0.5, 0.6) is 0 Å². The minimum absolute atomic E-state index is 0.438. The summed E-state index contributed by atoms with van der Waals surface area (Å²) >= 11 is 5.16. The number of hydrogen-bond acceptors (Lipinski definition) is 2. The zero-order valence-electron chi connectivity index (χ0n) is 11.9. The molecule has 106 valence electrons. The lowest BCUT2D eigenvalue weighted by atomic mass is 10.1. The Morgan fingerprint density at radius 2 is 1.86 bits per heavy atom. The van der Waals surface area contributed by atoms with Crippen LogP contribution in [0.1, 0.15) is 23.9 Å². The minimum Gasteiger partial charge on any atom is -0.389 e. The summed E-state index contributed by atoms with van der Waals surface area (Å²) in [6.45, 7) is 2.86. The summed E-state index contributed by atoms with van der Waals surface area (Å²) < 4.78 is 2.24. The van der Waals surface area contributed by atoms with E-state index in [0.29, 0.717) is 4.99 Å². The Balaban J connectivity index is 2.12.